The molecule has 104 valence electrons. The molecule has 5 heteroatoms. The van der Waals surface area contributed by atoms with Crippen LogP contribution in [0.2, 0.25) is 5.02 Å². The second-order valence-corrected chi connectivity index (χ2v) is 5.36. The van der Waals surface area contributed by atoms with Crippen LogP contribution in [0.4, 0.5) is 5.69 Å². The highest BCUT2D eigenvalue weighted by Gasteiger charge is 2.23. The van der Waals surface area contributed by atoms with Crippen LogP contribution in [-0.2, 0) is 4.74 Å². The van der Waals surface area contributed by atoms with Crippen LogP contribution in [0.15, 0.2) is 12.1 Å². The van der Waals surface area contributed by atoms with Crippen molar-refractivity contribution in [3.8, 4) is 11.5 Å². The van der Waals surface area contributed by atoms with Crippen molar-refractivity contribution < 1.29 is 14.2 Å². The van der Waals surface area contributed by atoms with Crippen LogP contribution in [0.5, 0.6) is 11.5 Å². The zero-order chi connectivity index (χ0) is 13.2. The lowest BCUT2D eigenvalue weighted by atomic mass is 10.0. The molecule has 0 amide bonds. The van der Waals surface area contributed by atoms with E-state index in [0.29, 0.717) is 22.9 Å². The Labute approximate surface area is 118 Å². The van der Waals surface area contributed by atoms with Crippen LogP contribution in [0, 0.1) is 0 Å². The molecule has 2 aliphatic heterocycles. The highest BCUT2D eigenvalue weighted by molar-refractivity contribution is 6.33. The maximum atomic E-state index is 6.27. The largest absolute Gasteiger partial charge is 0.454 e. The second-order valence-electron chi connectivity index (χ2n) is 4.95. The third-order valence-corrected chi connectivity index (χ3v) is 3.96. The van der Waals surface area contributed by atoms with Crippen molar-refractivity contribution in [2.24, 2.45) is 0 Å². The van der Waals surface area contributed by atoms with Gasteiger partial charge in [-0.2, -0.15) is 0 Å². The summed E-state index contributed by atoms with van der Waals surface area (Å²) in [4.78, 5) is 0. The van der Waals surface area contributed by atoms with Gasteiger partial charge in [0, 0.05) is 24.8 Å². The number of nitrogens with one attached hydrogen (secondary N) is 1. The van der Waals surface area contributed by atoms with E-state index in [-0.39, 0.29) is 6.79 Å². The fraction of sp³-hybridized carbons (Fsp3) is 0.571. The van der Waals surface area contributed by atoms with Gasteiger partial charge in [-0.15, -0.1) is 0 Å². The Morgan fingerprint density at radius 3 is 2.89 bits per heavy atom. The quantitative estimate of drug-likeness (QED) is 0.922. The lowest BCUT2D eigenvalue weighted by molar-refractivity contribution is 0.00926. The molecule has 3 rings (SSSR count). The molecule has 1 fully saturated rings. The van der Waals surface area contributed by atoms with Gasteiger partial charge in [0.1, 0.15) is 0 Å². The first-order chi connectivity index (χ1) is 9.26. The Hall–Kier alpha value is -1.13. The highest BCUT2D eigenvalue weighted by Crippen LogP contribution is 2.39. The number of rotatable bonds is 3. The van der Waals surface area contributed by atoms with Crippen molar-refractivity contribution in [2.45, 2.75) is 38.3 Å². The van der Waals surface area contributed by atoms with E-state index in [4.69, 9.17) is 25.8 Å². The minimum Gasteiger partial charge on any atom is -0.454 e. The molecule has 0 aromatic heterocycles. The van der Waals surface area contributed by atoms with Gasteiger partial charge >= 0.3 is 0 Å². The molecule has 2 aliphatic rings. The molecule has 2 heterocycles. The first kappa shape index (κ1) is 12.9. The fourth-order valence-corrected chi connectivity index (χ4v) is 2.75. The molecule has 1 aromatic carbocycles. The third-order valence-electron chi connectivity index (χ3n) is 3.64. The van der Waals surface area contributed by atoms with Crippen molar-refractivity contribution in [2.75, 3.05) is 18.7 Å². The molecular weight excluding hydrogens is 266 g/mol. The van der Waals surface area contributed by atoms with E-state index in [9.17, 15) is 0 Å². The summed E-state index contributed by atoms with van der Waals surface area (Å²) in [6, 6.07) is 4.13. The zero-order valence-electron chi connectivity index (χ0n) is 10.9. The van der Waals surface area contributed by atoms with Crippen LogP contribution in [-0.4, -0.2) is 25.5 Å². The monoisotopic (exact) mass is 283 g/mol. The van der Waals surface area contributed by atoms with Crippen molar-refractivity contribution in [1.82, 2.24) is 0 Å². The summed E-state index contributed by atoms with van der Waals surface area (Å²) in [7, 11) is 0. The van der Waals surface area contributed by atoms with Gasteiger partial charge in [-0.05, 0) is 19.3 Å². The van der Waals surface area contributed by atoms with E-state index in [2.05, 4.69) is 12.2 Å². The van der Waals surface area contributed by atoms with Gasteiger partial charge in [-0.25, -0.2) is 0 Å². The van der Waals surface area contributed by atoms with Gasteiger partial charge in [0.05, 0.1) is 16.8 Å². The normalized spacial score (nSPS) is 25.4. The summed E-state index contributed by atoms with van der Waals surface area (Å²) in [6.07, 6.45) is 3.41. The van der Waals surface area contributed by atoms with E-state index >= 15 is 0 Å². The Bertz CT molecular complexity index is 466. The third kappa shape index (κ3) is 2.74. The van der Waals surface area contributed by atoms with E-state index in [1.165, 1.54) is 0 Å². The Kier molecular flexibility index (Phi) is 3.71. The number of fused-ring (bicyclic) bond motifs is 1. The molecule has 19 heavy (non-hydrogen) atoms. The van der Waals surface area contributed by atoms with Gasteiger partial charge in [-0.1, -0.05) is 18.5 Å². The summed E-state index contributed by atoms with van der Waals surface area (Å²) in [5.74, 6) is 1.47. The highest BCUT2D eigenvalue weighted by atomic mass is 35.5. The van der Waals surface area contributed by atoms with E-state index in [1.807, 2.05) is 12.1 Å². The summed E-state index contributed by atoms with van der Waals surface area (Å²) < 4.78 is 16.4. The maximum Gasteiger partial charge on any atom is 0.231 e. The maximum absolute atomic E-state index is 6.27. The van der Waals surface area contributed by atoms with Gasteiger partial charge < -0.3 is 19.5 Å². The first-order valence-electron chi connectivity index (χ1n) is 6.73. The smallest absolute Gasteiger partial charge is 0.231 e. The van der Waals surface area contributed by atoms with E-state index in [0.717, 1.165) is 37.3 Å². The summed E-state index contributed by atoms with van der Waals surface area (Å²) in [5.41, 5.74) is 0.910. The van der Waals surface area contributed by atoms with Gasteiger partial charge in [-0.3, -0.25) is 0 Å². The van der Waals surface area contributed by atoms with E-state index < -0.39 is 0 Å². The Balaban J connectivity index is 1.72. The summed E-state index contributed by atoms with van der Waals surface area (Å²) >= 11 is 6.27. The van der Waals surface area contributed by atoms with Crippen LogP contribution in [0.25, 0.3) is 0 Å². The molecule has 0 radical (unpaired) electrons. The summed E-state index contributed by atoms with van der Waals surface area (Å²) in [5, 5.41) is 4.17. The molecule has 1 saturated heterocycles. The predicted octanol–water partition coefficient (Wildman–Crippen LogP) is 3.44. The minimum atomic E-state index is 0.268. The topological polar surface area (TPSA) is 39.7 Å². The van der Waals surface area contributed by atoms with Crippen LogP contribution >= 0.6 is 11.6 Å². The number of hydrogen-bond acceptors (Lipinski definition) is 4. The van der Waals surface area contributed by atoms with Crippen molar-refractivity contribution in [1.29, 1.82) is 0 Å². The minimum absolute atomic E-state index is 0.268. The molecule has 0 saturated carbocycles. The molecule has 2 unspecified atom stereocenters. The van der Waals surface area contributed by atoms with Crippen molar-refractivity contribution >= 4 is 17.3 Å². The number of ether oxygens (including phenoxy) is 3. The van der Waals surface area contributed by atoms with Gasteiger partial charge in [0.25, 0.3) is 0 Å². The number of anilines is 1. The lowest BCUT2D eigenvalue weighted by Gasteiger charge is -2.30. The first-order valence-corrected chi connectivity index (χ1v) is 7.11. The van der Waals surface area contributed by atoms with Crippen LogP contribution in [0.3, 0.4) is 0 Å². The Morgan fingerprint density at radius 2 is 2.11 bits per heavy atom. The Morgan fingerprint density at radius 1 is 1.32 bits per heavy atom. The molecular formula is C14H18ClNO3. The average Bonchev–Trinajstić information content (AvgIpc) is 2.86. The second kappa shape index (κ2) is 5.47. The molecule has 1 aromatic rings. The molecule has 0 spiro atoms. The molecule has 0 bridgehead atoms. The van der Waals surface area contributed by atoms with Crippen LogP contribution in [0.1, 0.15) is 26.2 Å². The van der Waals surface area contributed by atoms with Crippen LogP contribution < -0.4 is 14.8 Å². The van der Waals surface area contributed by atoms with Crippen molar-refractivity contribution in [3.63, 3.8) is 0 Å². The van der Waals surface area contributed by atoms with Gasteiger partial charge in [0.15, 0.2) is 11.5 Å². The standard InChI is InChI=1S/C14H18ClNO3/c1-2-10-5-9(3-4-17-10)16-12-7-14-13(6-11(12)15)18-8-19-14/h6-7,9-10,16H,2-5,8H2,1H3. The number of hydrogen-bond donors (Lipinski definition) is 1. The number of benzene rings is 1. The predicted molar refractivity (Wildman–Crippen MR) is 74.3 cm³/mol. The lowest BCUT2D eigenvalue weighted by Crippen LogP contribution is -2.33. The van der Waals surface area contributed by atoms with Gasteiger partial charge in [0.2, 0.25) is 6.79 Å². The van der Waals surface area contributed by atoms with E-state index in [1.54, 1.807) is 0 Å². The average molecular weight is 284 g/mol. The summed E-state index contributed by atoms with van der Waals surface area (Å²) in [6.45, 7) is 3.23. The SMILES string of the molecule is CCC1CC(Nc2cc3c(cc2Cl)OCO3)CCO1. The molecule has 2 atom stereocenters. The molecule has 1 N–H and O–H groups in total. The zero-order valence-corrected chi connectivity index (χ0v) is 11.7. The fourth-order valence-electron chi connectivity index (χ4n) is 2.54. The number of halogens is 1. The molecule has 0 aliphatic carbocycles. The molecule has 4 nitrogen and oxygen atoms in total. The van der Waals surface area contributed by atoms with Crippen molar-refractivity contribution in [3.05, 3.63) is 17.2 Å².